The molecule has 0 aliphatic carbocycles. The summed E-state index contributed by atoms with van der Waals surface area (Å²) in [5, 5.41) is 22.4. The number of carbonyl (C=O) groups excluding carboxylic acids is 2. The number of benzene rings is 1. The molecule has 1 aromatic carbocycles. The van der Waals surface area contributed by atoms with Crippen molar-refractivity contribution in [2.45, 2.75) is 38.5 Å². The Morgan fingerprint density at radius 3 is 2.33 bits per heavy atom. The number of carbonyl (C=O) groups is 3. The van der Waals surface area contributed by atoms with Gasteiger partial charge in [0.15, 0.2) is 0 Å². The summed E-state index contributed by atoms with van der Waals surface area (Å²) in [5.41, 5.74) is 0.801. The van der Waals surface area contributed by atoms with Gasteiger partial charge in [0.25, 0.3) is 0 Å². The summed E-state index contributed by atoms with van der Waals surface area (Å²) >= 11 is 0. The van der Waals surface area contributed by atoms with Gasteiger partial charge in [0.05, 0.1) is 6.61 Å². The van der Waals surface area contributed by atoms with Crippen molar-refractivity contribution in [3.8, 4) is 0 Å². The lowest BCUT2D eigenvalue weighted by atomic mass is 10.1. The molecule has 0 bridgehead atoms. The topological polar surface area (TPSA) is 125 Å². The third-order valence-corrected chi connectivity index (χ3v) is 3.20. The van der Waals surface area contributed by atoms with Gasteiger partial charge in [-0.25, -0.2) is 9.59 Å². The number of hydrogen-bond donors (Lipinski definition) is 4. The number of aliphatic hydroxyl groups is 1. The molecule has 0 heterocycles. The monoisotopic (exact) mass is 338 g/mol. The van der Waals surface area contributed by atoms with Gasteiger partial charge in [0.1, 0.15) is 18.7 Å². The van der Waals surface area contributed by atoms with Crippen LogP contribution in [0, 0.1) is 0 Å². The summed E-state index contributed by atoms with van der Waals surface area (Å²) in [5.74, 6) is -2.04. The molecule has 0 saturated heterocycles. The van der Waals surface area contributed by atoms with Crippen LogP contribution in [-0.4, -0.2) is 46.9 Å². The third kappa shape index (κ3) is 6.66. The van der Waals surface area contributed by atoms with E-state index in [-0.39, 0.29) is 6.61 Å². The lowest BCUT2D eigenvalue weighted by molar-refractivity contribution is -0.143. The van der Waals surface area contributed by atoms with Gasteiger partial charge in [-0.2, -0.15) is 0 Å². The summed E-state index contributed by atoms with van der Waals surface area (Å²) < 4.78 is 5.04. The molecule has 2 unspecified atom stereocenters. The minimum Gasteiger partial charge on any atom is -0.480 e. The smallest absolute Gasteiger partial charge is 0.408 e. The minimum absolute atomic E-state index is 0.0571. The number of alkyl carbamates (subject to hydrolysis) is 1. The second-order valence-corrected chi connectivity index (χ2v) is 5.13. The Hall–Kier alpha value is -2.61. The van der Waals surface area contributed by atoms with Crippen LogP contribution in [0.15, 0.2) is 30.3 Å². The predicted octanol–water partition coefficient (Wildman–Crippen LogP) is 0.643. The first kappa shape index (κ1) is 19.4. The highest BCUT2D eigenvalue weighted by molar-refractivity contribution is 5.89. The molecule has 2 amide bonds. The molecule has 0 fully saturated rings. The highest BCUT2D eigenvalue weighted by Gasteiger charge is 2.25. The Kier molecular flexibility index (Phi) is 8.28. The van der Waals surface area contributed by atoms with Crippen LogP contribution in [0.3, 0.4) is 0 Å². The molecule has 1 rings (SSSR count). The van der Waals surface area contributed by atoms with Crippen LogP contribution in [0.1, 0.15) is 25.3 Å². The molecule has 8 heteroatoms. The number of aliphatic hydroxyl groups excluding tert-OH is 1. The maximum absolute atomic E-state index is 12.1. The van der Waals surface area contributed by atoms with E-state index in [0.717, 1.165) is 5.56 Å². The maximum atomic E-state index is 12.1. The first-order chi connectivity index (χ1) is 11.5. The average Bonchev–Trinajstić information content (AvgIpc) is 2.57. The molecular weight excluding hydrogens is 316 g/mol. The number of ether oxygens (including phenoxy) is 1. The lowest BCUT2D eigenvalue weighted by Gasteiger charge is -2.20. The molecule has 8 nitrogen and oxygen atoms in total. The van der Waals surface area contributed by atoms with Crippen molar-refractivity contribution in [1.82, 2.24) is 10.6 Å². The highest BCUT2D eigenvalue weighted by atomic mass is 16.5. The number of carboxylic acid groups (broad SMARTS) is 1. The van der Waals surface area contributed by atoms with Gasteiger partial charge in [-0.1, -0.05) is 43.7 Å². The van der Waals surface area contributed by atoms with E-state index >= 15 is 0 Å². The molecule has 0 spiro atoms. The van der Waals surface area contributed by atoms with E-state index in [9.17, 15) is 14.4 Å². The fourth-order valence-electron chi connectivity index (χ4n) is 1.92. The zero-order valence-corrected chi connectivity index (χ0v) is 13.4. The van der Waals surface area contributed by atoms with E-state index in [1.54, 1.807) is 12.1 Å². The van der Waals surface area contributed by atoms with Crippen LogP contribution in [0.2, 0.25) is 0 Å². The van der Waals surface area contributed by atoms with Gasteiger partial charge in [-0.05, 0) is 12.0 Å². The Morgan fingerprint density at radius 1 is 1.12 bits per heavy atom. The molecule has 24 heavy (non-hydrogen) atoms. The molecule has 1 aromatic rings. The van der Waals surface area contributed by atoms with E-state index in [1.807, 2.05) is 25.1 Å². The predicted molar refractivity (Wildman–Crippen MR) is 85.1 cm³/mol. The first-order valence-electron chi connectivity index (χ1n) is 7.59. The Balaban J connectivity index is 2.55. The summed E-state index contributed by atoms with van der Waals surface area (Å²) in [4.78, 5) is 34.7. The van der Waals surface area contributed by atoms with Gasteiger partial charge in [0, 0.05) is 0 Å². The van der Waals surface area contributed by atoms with Crippen molar-refractivity contribution in [1.29, 1.82) is 0 Å². The third-order valence-electron chi connectivity index (χ3n) is 3.20. The van der Waals surface area contributed by atoms with E-state index in [2.05, 4.69) is 10.6 Å². The quantitative estimate of drug-likeness (QED) is 0.524. The number of carboxylic acids is 1. The van der Waals surface area contributed by atoms with Crippen molar-refractivity contribution < 1.29 is 29.3 Å². The van der Waals surface area contributed by atoms with Crippen LogP contribution in [0.4, 0.5) is 4.79 Å². The van der Waals surface area contributed by atoms with Gasteiger partial charge >= 0.3 is 12.1 Å². The molecular formula is C16H22N2O6. The van der Waals surface area contributed by atoms with E-state index in [0.29, 0.717) is 12.8 Å². The zero-order chi connectivity index (χ0) is 17.9. The normalized spacial score (nSPS) is 12.8. The summed E-state index contributed by atoms with van der Waals surface area (Å²) in [6, 6.07) is 6.69. The minimum atomic E-state index is -1.42. The van der Waals surface area contributed by atoms with E-state index < -0.39 is 36.7 Å². The first-order valence-corrected chi connectivity index (χ1v) is 7.59. The molecule has 0 radical (unpaired) electrons. The van der Waals surface area contributed by atoms with Gasteiger partial charge in [-0.3, -0.25) is 4.79 Å². The fourth-order valence-corrected chi connectivity index (χ4v) is 1.92. The summed E-state index contributed by atoms with van der Waals surface area (Å²) in [6.45, 7) is 1.14. The number of amides is 2. The fraction of sp³-hybridized carbons (Fsp3) is 0.438. The Morgan fingerprint density at radius 2 is 1.79 bits per heavy atom. The van der Waals surface area contributed by atoms with Crippen LogP contribution >= 0.6 is 0 Å². The molecule has 132 valence electrons. The van der Waals surface area contributed by atoms with Crippen molar-refractivity contribution in [3.05, 3.63) is 35.9 Å². The molecule has 0 aliphatic heterocycles. The largest absolute Gasteiger partial charge is 0.480 e. The summed E-state index contributed by atoms with van der Waals surface area (Å²) in [6.07, 6.45) is 0.126. The summed E-state index contributed by atoms with van der Waals surface area (Å²) in [7, 11) is 0. The van der Waals surface area contributed by atoms with Crippen LogP contribution < -0.4 is 10.6 Å². The molecule has 0 aliphatic rings. The van der Waals surface area contributed by atoms with Crippen molar-refractivity contribution in [3.63, 3.8) is 0 Å². The molecule has 0 aromatic heterocycles. The maximum Gasteiger partial charge on any atom is 0.408 e. The lowest BCUT2D eigenvalue weighted by Crippen LogP contribution is -2.52. The van der Waals surface area contributed by atoms with E-state index in [4.69, 9.17) is 14.9 Å². The zero-order valence-electron chi connectivity index (χ0n) is 13.4. The number of rotatable bonds is 9. The van der Waals surface area contributed by atoms with Crippen LogP contribution in [0.25, 0.3) is 0 Å². The van der Waals surface area contributed by atoms with Crippen molar-refractivity contribution in [2.24, 2.45) is 0 Å². The van der Waals surface area contributed by atoms with Crippen molar-refractivity contribution in [2.75, 3.05) is 6.61 Å². The molecule has 2 atom stereocenters. The molecule has 4 N–H and O–H groups in total. The molecule has 0 saturated carbocycles. The number of aliphatic carboxylic acids is 1. The van der Waals surface area contributed by atoms with Gasteiger partial charge in [0.2, 0.25) is 5.91 Å². The second-order valence-electron chi connectivity index (χ2n) is 5.13. The number of nitrogens with one attached hydrogen (secondary N) is 2. The van der Waals surface area contributed by atoms with E-state index in [1.165, 1.54) is 0 Å². The average molecular weight is 338 g/mol. The van der Waals surface area contributed by atoms with Crippen LogP contribution in [-0.2, 0) is 20.9 Å². The Bertz CT molecular complexity index is 549. The van der Waals surface area contributed by atoms with Crippen LogP contribution in [0.5, 0.6) is 0 Å². The Labute approximate surface area is 139 Å². The number of hydrogen-bond acceptors (Lipinski definition) is 5. The second kappa shape index (κ2) is 10.2. The highest BCUT2D eigenvalue weighted by Crippen LogP contribution is 2.03. The standard InChI is InChI=1S/C16H22N2O6/c1-2-6-12(14(20)17-13(9-19)15(21)22)18-16(23)24-10-11-7-4-3-5-8-11/h3-5,7-8,12-13,19H,2,6,9-10H2,1H3,(H,17,20)(H,18,23)(H,21,22). The SMILES string of the molecule is CCCC(NC(=O)OCc1ccccc1)C(=O)NC(CO)C(=O)O. The van der Waals surface area contributed by atoms with Gasteiger partial charge < -0.3 is 25.6 Å². The van der Waals surface area contributed by atoms with Gasteiger partial charge in [-0.15, -0.1) is 0 Å². The van der Waals surface area contributed by atoms with Crippen molar-refractivity contribution >= 4 is 18.0 Å².